The van der Waals surface area contributed by atoms with Gasteiger partial charge in [0.1, 0.15) is 0 Å². The second-order valence-electron chi connectivity index (χ2n) is 3.77. The highest BCUT2D eigenvalue weighted by Crippen LogP contribution is 2.18. The van der Waals surface area contributed by atoms with E-state index in [9.17, 15) is 5.11 Å². The van der Waals surface area contributed by atoms with E-state index in [1.165, 1.54) is 0 Å². The first kappa shape index (κ1) is 11.2. The van der Waals surface area contributed by atoms with E-state index >= 15 is 0 Å². The smallest absolute Gasteiger partial charge is 0.0819 e. The van der Waals surface area contributed by atoms with Gasteiger partial charge in [0, 0.05) is 6.20 Å². The molecule has 1 aromatic heterocycles. The maximum Gasteiger partial charge on any atom is 0.0819 e. The van der Waals surface area contributed by atoms with Crippen molar-refractivity contribution in [3.63, 3.8) is 0 Å². The van der Waals surface area contributed by atoms with E-state index in [0.717, 1.165) is 16.9 Å². The van der Waals surface area contributed by atoms with E-state index in [0.29, 0.717) is 5.02 Å². The van der Waals surface area contributed by atoms with Gasteiger partial charge >= 0.3 is 0 Å². The van der Waals surface area contributed by atoms with Crippen LogP contribution in [0.15, 0.2) is 30.5 Å². The summed E-state index contributed by atoms with van der Waals surface area (Å²) in [7, 11) is 0. The largest absolute Gasteiger partial charge is 0.389 e. The van der Waals surface area contributed by atoms with Crippen molar-refractivity contribution in [2.24, 2.45) is 0 Å². The Morgan fingerprint density at radius 2 is 1.94 bits per heavy atom. The molecule has 0 spiro atoms. The van der Waals surface area contributed by atoms with Crippen LogP contribution in [0.25, 0.3) is 5.69 Å². The summed E-state index contributed by atoms with van der Waals surface area (Å²) in [6.07, 6.45) is 1.32. The van der Waals surface area contributed by atoms with Crippen molar-refractivity contribution in [1.29, 1.82) is 0 Å². The summed E-state index contributed by atoms with van der Waals surface area (Å²) in [5, 5.41) is 14.3. The fourth-order valence-electron chi connectivity index (χ4n) is 1.48. The van der Waals surface area contributed by atoms with Gasteiger partial charge in [0.2, 0.25) is 0 Å². The topological polar surface area (TPSA) is 38.0 Å². The third kappa shape index (κ3) is 2.10. The Morgan fingerprint density at radius 1 is 1.31 bits per heavy atom. The predicted molar refractivity (Wildman–Crippen MR) is 63.9 cm³/mol. The van der Waals surface area contributed by atoms with Crippen LogP contribution in [0.1, 0.15) is 24.3 Å². The van der Waals surface area contributed by atoms with Gasteiger partial charge in [-0.25, -0.2) is 4.68 Å². The Hall–Kier alpha value is -1.32. The van der Waals surface area contributed by atoms with Gasteiger partial charge in [-0.1, -0.05) is 23.7 Å². The molecule has 0 saturated heterocycles. The van der Waals surface area contributed by atoms with Crippen molar-refractivity contribution in [2.45, 2.75) is 20.0 Å². The van der Waals surface area contributed by atoms with Crippen molar-refractivity contribution < 1.29 is 5.11 Å². The van der Waals surface area contributed by atoms with Gasteiger partial charge in [-0.3, -0.25) is 0 Å². The maximum atomic E-state index is 9.39. The lowest BCUT2D eigenvalue weighted by Gasteiger charge is -2.06. The van der Waals surface area contributed by atoms with Gasteiger partial charge in [-0.2, -0.15) is 5.10 Å². The lowest BCUT2D eigenvalue weighted by molar-refractivity contribution is 0.199. The van der Waals surface area contributed by atoms with E-state index in [-0.39, 0.29) is 0 Å². The molecule has 0 bridgehead atoms. The highest BCUT2D eigenvalue weighted by Gasteiger charge is 2.05. The number of hydrogen-bond donors (Lipinski definition) is 1. The van der Waals surface area contributed by atoms with Gasteiger partial charge in [0.15, 0.2) is 0 Å². The highest BCUT2D eigenvalue weighted by molar-refractivity contribution is 6.31. The summed E-state index contributed by atoms with van der Waals surface area (Å²) in [5.41, 5.74) is 2.62. The molecule has 0 aliphatic heterocycles. The first-order chi connectivity index (χ1) is 7.58. The molecule has 84 valence electrons. The fourth-order valence-corrected chi connectivity index (χ4v) is 1.61. The van der Waals surface area contributed by atoms with Crippen LogP contribution in [0, 0.1) is 6.92 Å². The second-order valence-corrected chi connectivity index (χ2v) is 4.18. The van der Waals surface area contributed by atoms with Gasteiger partial charge in [-0.05, 0) is 31.5 Å². The zero-order valence-corrected chi connectivity index (χ0v) is 9.94. The van der Waals surface area contributed by atoms with Crippen LogP contribution in [0.2, 0.25) is 5.02 Å². The molecule has 4 heteroatoms. The average Bonchev–Trinajstić information content (AvgIpc) is 2.59. The standard InChI is InChI=1S/C12H13ClN2O/c1-8-12(13)7-15(14-8)11-5-3-10(4-6-11)9(2)16/h3-7,9,16H,1-2H3/t9-/m1/s1. The number of aryl methyl sites for hydroxylation is 1. The molecule has 1 aromatic carbocycles. The van der Waals surface area contributed by atoms with Gasteiger partial charge in [0.05, 0.1) is 22.5 Å². The quantitative estimate of drug-likeness (QED) is 0.871. The molecular weight excluding hydrogens is 224 g/mol. The van der Waals surface area contributed by atoms with Crippen LogP contribution >= 0.6 is 11.6 Å². The minimum Gasteiger partial charge on any atom is -0.389 e. The minimum atomic E-state index is -0.447. The summed E-state index contributed by atoms with van der Waals surface area (Å²) in [4.78, 5) is 0. The number of aromatic nitrogens is 2. The number of aliphatic hydroxyl groups is 1. The van der Waals surface area contributed by atoms with Crippen molar-refractivity contribution in [2.75, 3.05) is 0 Å². The number of hydrogen-bond acceptors (Lipinski definition) is 2. The number of halogens is 1. The number of rotatable bonds is 2. The molecule has 1 N–H and O–H groups in total. The van der Waals surface area contributed by atoms with Crippen molar-refractivity contribution in [3.8, 4) is 5.69 Å². The third-order valence-electron chi connectivity index (χ3n) is 2.48. The van der Waals surface area contributed by atoms with Gasteiger partial charge in [-0.15, -0.1) is 0 Å². The Labute approximate surface area is 99.3 Å². The zero-order chi connectivity index (χ0) is 11.7. The molecule has 0 fully saturated rings. The molecule has 0 saturated carbocycles. The molecule has 0 unspecified atom stereocenters. The molecule has 1 heterocycles. The zero-order valence-electron chi connectivity index (χ0n) is 9.18. The lowest BCUT2D eigenvalue weighted by Crippen LogP contribution is -1.96. The highest BCUT2D eigenvalue weighted by atomic mass is 35.5. The second kappa shape index (κ2) is 4.28. The number of benzene rings is 1. The normalized spacial score (nSPS) is 12.8. The summed E-state index contributed by atoms with van der Waals surface area (Å²) >= 11 is 5.94. The average molecular weight is 237 g/mol. The monoisotopic (exact) mass is 236 g/mol. The van der Waals surface area contributed by atoms with Crippen LogP contribution in [0.4, 0.5) is 0 Å². The summed E-state index contributed by atoms with van der Waals surface area (Å²) in [5.74, 6) is 0. The van der Waals surface area contributed by atoms with Crippen molar-refractivity contribution in [3.05, 3.63) is 46.7 Å². The first-order valence-electron chi connectivity index (χ1n) is 5.08. The van der Waals surface area contributed by atoms with Crippen LogP contribution < -0.4 is 0 Å². The molecule has 0 aliphatic carbocycles. The SMILES string of the molecule is Cc1nn(-c2ccc([C@@H](C)O)cc2)cc1Cl. The van der Waals surface area contributed by atoms with E-state index in [1.54, 1.807) is 17.8 Å². The van der Waals surface area contributed by atoms with E-state index in [4.69, 9.17) is 11.6 Å². The molecule has 2 rings (SSSR count). The molecule has 3 nitrogen and oxygen atoms in total. The molecule has 1 atom stereocenters. The van der Waals surface area contributed by atoms with Crippen LogP contribution in [-0.2, 0) is 0 Å². The molecular formula is C12H13ClN2O. The molecule has 16 heavy (non-hydrogen) atoms. The van der Waals surface area contributed by atoms with E-state index in [2.05, 4.69) is 5.10 Å². The maximum absolute atomic E-state index is 9.39. The number of aliphatic hydroxyl groups excluding tert-OH is 1. The van der Waals surface area contributed by atoms with E-state index in [1.807, 2.05) is 31.2 Å². The van der Waals surface area contributed by atoms with Gasteiger partial charge < -0.3 is 5.11 Å². The summed E-state index contributed by atoms with van der Waals surface area (Å²) in [6, 6.07) is 7.57. The van der Waals surface area contributed by atoms with Gasteiger partial charge in [0.25, 0.3) is 0 Å². The predicted octanol–water partition coefficient (Wildman–Crippen LogP) is 2.89. The van der Waals surface area contributed by atoms with Crippen LogP contribution in [0.5, 0.6) is 0 Å². The fraction of sp³-hybridized carbons (Fsp3) is 0.250. The first-order valence-corrected chi connectivity index (χ1v) is 5.46. The number of nitrogens with zero attached hydrogens (tertiary/aromatic N) is 2. The van der Waals surface area contributed by atoms with Crippen molar-refractivity contribution in [1.82, 2.24) is 9.78 Å². The molecule has 2 aromatic rings. The Morgan fingerprint density at radius 3 is 2.38 bits per heavy atom. The summed E-state index contributed by atoms with van der Waals surface area (Å²) in [6.45, 7) is 3.60. The van der Waals surface area contributed by atoms with Crippen molar-refractivity contribution >= 4 is 11.6 Å². The molecule has 0 radical (unpaired) electrons. The van der Waals surface area contributed by atoms with Crippen LogP contribution in [-0.4, -0.2) is 14.9 Å². The molecule has 0 amide bonds. The minimum absolute atomic E-state index is 0.447. The Bertz CT molecular complexity index is 469. The van der Waals surface area contributed by atoms with Crippen LogP contribution in [0.3, 0.4) is 0 Å². The Balaban J connectivity index is 2.34. The summed E-state index contributed by atoms with van der Waals surface area (Å²) < 4.78 is 1.73. The third-order valence-corrected chi connectivity index (χ3v) is 2.85. The molecule has 0 aliphatic rings. The van der Waals surface area contributed by atoms with E-state index < -0.39 is 6.10 Å². The Kier molecular flexibility index (Phi) is 2.99. The lowest BCUT2D eigenvalue weighted by atomic mass is 10.1.